The summed E-state index contributed by atoms with van der Waals surface area (Å²) >= 11 is 7.36. The molecule has 2 aliphatic rings. The molecule has 1 fully saturated rings. The summed E-state index contributed by atoms with van der Waals surface area (Å²) in [6.07, 6.45) is 0.702. The Bertz CT molecular complexity index is 1690. The van der Waals surface area contributed by atoms with Gasteiger partial charge in [-0.3, -0.25) is 19.3 Å². The summed E-state index contributed by atoms with van der Waals surface area (Å²) in [5.74, 6) is -1.94. The van der Waals surface area contributed by atoms with E-state index >= 15 is 0 Å². The molecule has 3 heterocycles. The number of aromatic nitrogens is 1. The minimum atomic E-state index is -0.940. The van der Waals surface area contributed by atoms with E-state index in [1.54, 1.807) is 48.5 Å². The Hall–Kier alpha value is -4.41. The first-order valence-electron chi connectivity index (χ1n) is 12.2. The van der Waals surface area contributed by atoms with Crippen LogP contribution in [-0.4, -0.2) is 44.1 Å². The zero-order chi connectivity index (χ0) is 28.7. The molecule has 3 aromatic carbocycles. The number of benzene rings is 3. The minimum absolute atomic E-state index is 0.0208. The van der Waals surface area contributed by atoms with Crippen molar-refractivity contribution < 1.29 is 34.4 Å². The van der Waals surface area contributed by atoms with E-state index in [-0.39, 0.29) is 23.2 Å². The van der Waals surface area contributed by atoms with Crippen LogP contribution < -0.4 is 9.64 Å². The number of anilines is 1. The lowest BCUT2D eigenvalue weighted by molar-refractivity contribution is -0.134. The highest BCUT2D eigenvalue weighted by Gasteiger charge is 2.48. The van der Waals surface area contributed by atoms with Crippen LogP contribution >= 0.6 is 22.9 Å². The monoisotopic (exact) mass is 578 g/mol. The minimum Gasteiger partial charge on any atom is -0.508 e. The largest absolute Gasteiger partial charge is 0.508 e. The number of hydrogen-bond donors (Lipinski definition) is 3. The lowest BCUT2D eigenvalue weighted by Crippen LogP contribution is -2.29. The Kier molecular flexibility index (Phi) is 7.22. The zero-order valence-electron chi connectivity index (χ0n) is 21.3. The Morgan fingerprint density at radius 3 is 2.48 bits per heavy atom. The van der Waals surface area contributed by atoms with Gasteiger partial charge in [0.05, 0.1) is 21.8 Å². The van der Waals surface area contributed by atoms with Crippen molar-refractivity contribution in [1.82, 2.24) is 4.98 Å². The van der Waals surface area contributed by atoms with Gasteiger partial charge in [0.15, 0.2) is 5.13 Å². The number of nitrogens with zero attached hydrogens (tertiary/aromatic N) is 2. The molecule has 3 N–H and O–H groups in total. The third kappa shape index (κ3) is 5.11. The van der Waals surface area contributed by atoms with Crippen molar-refractivity contribution in [3.05, 3.63) is 87.9 Å². The lowest BCUT2D eigenvalue weighted by atomic mass is 9.94. The SMILES string of the molecule is CC(=O)O.CC1Cc2cc(/C(O)=C3\C(=O)C(=O)N(c4nc5ccc(Cl)cc5s4)C3c3ccc(O)cc3)ccc2O1. The number of Topliss-reactive ketones (excluding diaryl/α,β-unsaturated/α-hetero) is 1. The maximum Gasteiger partial charge on any atom is 0.301 e. The molecule has 0 spiro atoms. The van der Waals surface area contributed by atoms with Crippen LogP contribution in [0.25, 0.3) is 16.0 Å². The number of amides is 1. The number of carboxylic acid groups (broad SMARTS) is 1. The van der Waals surface area contributed by atoms with Gasteiger partial charge in [-0.05, 0) is 66.6 Å². The zero-order valence-corrected chi connectivity index (χ0v) is 22.9. The summed E-state index contributed by atoms with van der Waals surface area (Å²) < 4.78 is 6.51. The number of phenols is 1. The number of carboxylic acids is 1. The highest BCUT2D eigenvalue weighted by Crippen LogP contribution is 2.45. The fraction of sp³-hybridized carbons (Fsp3) is 0.172. The van der Waals surface area contributed by atoms with Gasteiger partial charge in [-0.1, -0.05) is 35.1 Å². The van der Waals surface area contributed by atoms with E-state index in [2.05, 4.69) is 4.98 Å². The molecule has 0 aliphatic carbocycles. The molecule has 2 atom stereocenters. The molecule has 2 unspecified atom stereocenters. The van der Waals surface area contributed by atoms with Gasteiger partial charge < -0.3 is 20.1 Å². The number of carbonyl (C=O) groups excluding carboxylic acids is 2. The van der Waals surface area contributed by atoms with Crippen molar-refractivity contribution in [1.29, 1.82) is 0 Å². The van der Waals surface area contributed by atoms with Crippen LogP contribution in [0, 0.1) is 0 Å². The highest BCUT2D eigenvalue weighted by atomic mass is 35.5. The van der Waals surface area contributed by atoms with Crippen molar-refractivity contribution in [3.8, 4) is 11.5 Å². The van der Waals surface area contributed by atoms with Gasteiger partial charge in [-0.2, -0.15) is 0 Å². The quantitative estimate of drug-likeness (QED) is 0.160. The molecule has 1 saturated heterocycles. The predicted octanol–water partition coefficient (Wildman–Crippen LogP) is 5.70. The number of aromatic hydroxyl groups is 1. The van der Waals surface area contributed by atoms with Crippen LogP contribution in [0.1, 0.15) is 36.6 Å². The Balaban J connectivity index is 0.000000758. The number of fused-ring (bicyclic) bond motifs is 2. The van der Waals surface area contributed by atoms with Crippen LogP contribution in [0.2, 0.25) is 5.02 Å². The summed E-state index contributed by atoms with van der Waals surface area (Å²) in [6.45, 7) is 3.04. The molecule has 2 aliphatic heterocycles. The molecule has 1 aromatic heterocycles. The van der Waals surface area contributed by atoms with Gasteiger partial charge in [-0.25, -0.2) is 4.98 Å². The lowest BCUT2D eigenvalue weighted by Gasteiger charge is -2.23. The number of aliphatic hydroxyl groups excluding tert-OH is 1. The van der Waals surface area contributed by atoms with E-state index in [4.69, 9.17) is 26.2 Å². The fourth-order valence-corrected chi connectivity index (χ4v) is 5.98. The first-order chi connectivity index (χ1) is 19.0. The summed E-state index contributed by atoms with van der Waals surface area (Å²) in [5, 5.41) is 29.5. The van der Waals surface area contributed by atoms with Crippen LogP contribution in [0.15, 0.2) is 66.2 Å². The number of hydrogen-bond acceptors (Lipinski definition) is 8. The van der Waals surface area contributed by atoms with Crippen molar-refractivity contribution in [2.45, 2.75) is 32.4 Å². The molecule has 0 radical (unpaired) electrons. The molecular weight excluding hydrogens is 556 g/mol. The molecule has 40 heavy (non-hydrogen) atoms. The third-order valence-corrected chi connectivity index (χ3v) is 7.62. The number of rotatable bonds is 3. The van der Waals surface area contributed by atoms with E-state index in [0.29, 0.717) is 33.2 Å². The number of aliphatic hydroxyl groups is 1. The number of halogens is 1. The number of ether oxygens (including phenoxy) is 1. The normalized spacial score (nSPS) is 19.2. The Morgan fingerprint density at radius 2 is 1.77 bits per heavy atom. The van der Waals surface area contributed by atoms with Crippen molar-refractivity contribution in [2.75, 3.05) is 4.90 Å². The second-order valence-corrected chi connectivity index (χ2v) is 10.8. The third-order valence-electron chi connectivity index (χ3n) is 6.37. The van der Waals surface area contributed by atoms with Gasteiger partial charge in [0, 0.05) is 23.9 Å². The number of phenolic OH excluding ortho intramolecular Hbond substituents is 1. The number of ketones is 1. The second kappa shape index (κ2) is 10.6. The van der Waals surface area contributed by atoms with E-state index in [0.717, 1.165) is 22.9 Å². The summed E-state index contributed by atoms with van der Waals surface area (Å²) in [7, 11) is 0. The molecule has 1 amide bonds. The van der Waals surface area contributed by atoms with E-state index in [9.17, 15) is 19.8 Å². The van der Waals surface area contributed by atoms with Gasteiger partial charge in [0.2, 0.25) is 0 Å². The second-order valence-electron chi connectivity index (χ2n) is 9.34. The van der Waals surface area contributed by atoms with Crippen molar-refractivity contribution >= 4 is 61.7 Å². The van der Waals surface area contributed by atoms with Gasteiger partial charge in [0.25, 0.3) is 11.8 Å². The molecule has 0 saturated carbocycles. The smallest absolute Gasteiger partial charge is 0.301 e. The average Bonchev–Trinajstić information content (AvgIpc) is 3.56. The van der Waals surface area contributed by atoms with Crippen LogP contribution in [-0.2, 0) is 20.8 Å². The maximum absolute atomic E-state index is 13.4. The van der Waals surface area contributed by atoms with Gasteiger partial charge in [0.1, 0.15) is 23.4 Å². The molecule has 4 aromatic rings. The molecule has 204 valence electrons. The fourth-order valence-electron chi connectivity index (χ4n) is 4.72. The maximum atomic E-state index is 13.4. The first kappa shape index (κ1) is 27.2. The summed E-state index contributed by atoms with van der Waals surface area (Å²) in [4.78, 5) is 41.6. The van der Waals surface area contributed by atoms with E-state index < -0.39 is 23.7 Å². The first-order valence-corrected chi connectivity index (χ1v) is 13.4. The Morgan fingerprint density at radius 1 is 1.07 bits per heavy atom. The van der Waals surface area contributed by atoms with E-state index in [1.807, 2.05) is 6.92 Å². The molecular formula is C29H23ClN2O7S. The molecule has 9 nitrogen and oxygen atoms in total. The standard InChI is InChI=1S/C27H19ClN2O5S.C2H4O2/c1-13-10-16-11-15(4-9-20(16)35-13)24(32)22-23(14-2-6-18(31)7-3-14)30(26(34)25(22)33)27-29-19-8-5-17(28)12-21(19)36-27;1-2(3)4/h2-9,11-13,23,31-32H,10H2,1H3;1H3,(H,3,4)/b24-22+;. The molecule has 6 rings (SSSR count). The van der Waals surface area contributed by atoms with Gasteiger partial charge >= 0.3 is 5.91 Å². The van der Waals surface area contributed by atoms with Crippen molar-refractivity contribution in [2.24, 2.45) is 0 Å². The topological polar surface area (TPSA) is 137 Å². The van der Waals surface area contributed by atoms with Gasteiger partial charge in [-0.15, -0.1) is 0 Å². The average molecular weight is 579 g/mol. The number of thiazole rings is 1. The highest BCUT2D eigenvalue weighted by molar-refractivity contribution is 7.22. The molecule has 11 heteroatoms. The predicted molar refractivity (Wildman–Crippen MR) is 151 cm³/mol. The van der Waals surface area contributed by atoms with Crippen LogP contribution in [0.3, 0.4) is 0 Å². The summed E-state index contributed by atoms with van der Waals surface area (Å²) in [5.41, 5.74) is 2.48. The number of carbonyl (C=O) groups is 3. The summed E-state index contributed by atoms with van der Waals surface area (Å²) in [6, 6.07) is 15.7. The van der Waals surface area contributed by atoms with Crippen molar-refractivity contribution in [3.63, 3.8) is 0 Å². The van der Waals surface area contributed by atoms with Crippen LogP contribution in [0.5, 0.6) is 11.5 Å². The number of aliphatic carboxylic acids is 1. The Labute approximate surface area is 237 Å². The van der Waals surface area contributed by atoms with Crippen LogP contribution in [0.4, 0.5) is 5.13 Å². The molecule has 0 bridgehead atoms. The van der Waals surface area contributed by atoms with E-state index in [1.165, 1.54) is 28.4 Å².